The number of para-hydroxylation sites is 1. The fourth-order valence-electron chi connectivity index (χ4n) is 1.83. The molecule has 0 bridgehead atoms. The van der Waals surface area contributed by atoms with Gasteiger partial charge in [0.1, 0.15) is 0 Å². The van der Waals surface area contributed by atoms with Crippen LogP contribution in [0.25, 0.3) is 0 Å². The fraction of sp³-hybridized carbons (Fsp3) is 0.286. The zero-order chi connectivity index (χ0) is 16.3. The number of nitrogens with zero attached hydrogens (tertiary/aromatic N) is 1. The number of anilines is 1. The Balaban J connectivity index is 2.23. The summed E-state index contributed by atoms with van der Waals surface area (Å²) in [5.74, 6) is -2.84. The van der Waals surface area contributed by atoms with Gasteiger partial charge >= 0.3 is 0 Å². The number of hydrogen-bond acceptors (Lipinski definition) is 3. The van der Waals surface area contributed by atoms with Crippen LogP contribution in [0.4, 0.5) is 14.5 Å². The molecule has 1 aromatic carbocycles. The number of thioether (sulfide) groups is 1. The van der Waals surface area contributed by atoms with Crippen molar-refractivity contribution in [3.63, 3.8) is 0 Å². The molecule has 0 fully saturated rings. The molecule has 0 saturated carbocycles. The molecule has 0 unspecified atom stereocenters. The molecule has 22 heavy (non-hydrogen) atoms. The molecule has 1 amide bonds. The van der Waals surface area contributed by atoms with Crippen molar-refractivity contribution in [3.05, 3.63) is 40.1 Å². The van der Waals surface area contributed by atoms with Gasteiger partial charge in [0, 0.05) is 4.90 Å². The fourth-order valence-corrected chi connectivity index (χ4v) is 3.24. The lowest BCUT2D eigenvalue weighted by atomic mass is 10.1. The van der Waals surface area contributed by atoms with E-state index >= 15 is 0 Å². The van der Waals surface area contributed by atoms with E-state index in [1.165, 1.54) is 6.07 Å². The molecule has 2 rings (SSSR count). The predicted octanol–water partition coefficient (Wildman–Crippen LogP) is 4.86. The van der Waals surface area contributed by atoms with Gasteiger partial charge < -0.3 is 5.32 Å². The summed E-state index contributed by atoms with van der Waals surface area (Å²) in [6, 6.07) is 6.42. The monoisotopic (exact) mass is 389 g/mol. The average molecular weight is 390 g/mol. The van der Waals surface area contributed by atoms with Crippen molar-refractivity contribution in [2.45, 2.75) is 30.4 Å². The molecule has 2 N–H and O–H groups in total. The highest BCUT2D eigenvalue weighted by molar-refractivity contribution is 9.10. The quantitative estimate of drug-likeness (QED) is 0.717. The van der Waals surface area contributed by atoms with Crippen molar-refractivity contribution in [3.8, 4) is 0 Å². The van der Waals surface area contributed by atoms with Gasteiger partial charge in [0.15, 0.2) is 5.69 Å². The molecule has 118 valence electrons. The number of carbonyl (C=O) groups is 1. The van der Waals surface area contributed by atoms with Crippen LogP contribution in [0.5, 0.6) is 0 Å². The third-order valence-electron chi connectivity index (χ3n) is 2.88. The number of benzene rings is 1. The Kier molecular flexibility index (Phi) is 5.57. The highest BCUT2D eigenvalue weighted by Gasteiger charge is 2.20. The molecule has 0 radical (unpaired) electrons. The minimum Gasteiger partial charge on any atom is -0.320 e. The maximum Gasteiger partial charge on any atom is 0.288 e. The zero-order valence-electron chi connectivity index (χ0n) is 11.9. The summed E-state index contributed by atoms with van der Waals surface area (Å²) in [4.78, 5) is 12.6. The number of halogens is 3. The molecule has 0 saturated heterocycles. The van der Waals surface area contributed by atoms with Crippen molar-refractivity contribution in [1.82, 2.24) is 10.2 Å². The predicted molar refractivity (Wildman–Crippen MR) is 86.6 cm³/mol. The summed E-state index contributed by atoms with van der Waals surface area (Å²) in [6.45, 7) is 3.93. The van der Waals surface area contributed by atoms with Crippen LogP contribution in [-0.2, 0) is 0 Å². The highest BCUT2D eigenvalue weighted by atomic mass is 79.9. The molecule has 1 aromatic heterocycles. The second kappa shape index (κ2) is 7.23. The minimum absolute atomic E-state index is 0.171. The van der Waals surface area contributed by atoms with Crippen LogP contribution >= 0.6 is 27.7 Å². The number of hydrogen-bond donors (Lipinski definition) is 2. The number of nitrogens with one attached hydrogen (secondary N) is 2. The summed E-state index contributed by atoms with van der Waals surface area (Å²) in [6.07, 6.45) is 0. The van der Waals surface area contributed by atoms with Crippen LogP contribution in [0.3, 0.4) is 0 Å². The van der Waals surface area contributed by atoms with Crippen LogP contribution < -0.4 is 5.32 Å². The topological polar surface area (TPSA) is 57.8 Å². The van der Waals surface area contributed by atoms with Gasteiger partial charge in [-0.2, -0.15) is 13.9 Å². The number of carbonyl (C=O) groups excluding carboxylic acids is 1. The van der Waals surface area contributed by atoms with Gasteiger partial charge in [-0.05, 0) is 34.0 Å². The second-order valence-corrected chi connectivity index (χ2v) is 6.61. The Labute approximate surface area is 139 Å². The summed E-state index contributed by atoms with van der Waals surface area (Å²) < 4.78 is 25.7. The van der Waals surface area contributed by atoms with E-state index in [0.29, 0.717) is 26.8 Å². The van der Waals surface area contributed by atoms with E-state index in [0.717, 1.165) is 5.69 Å². The highest BCUT2D eigenvalue weighted by Crippen LogP contribution is 2.32. The van der Waals surface area contributed by atoms with E-state index in [1.54, 1.807) is 18.2 Å². The molecule has 8 heteroatoms. The first kappa shape index (κ1) is 17.0. The van der Waals surface area contributed by atoms with Crippen LogP contribution in [0.2, 0.25) is 0 Å². The Morgan fingerprint density at radius 1 is 1.36 bits per heavy atom. The second-order valence-electron chi connectivity index (χ2n) is 4.78. The van der Waals surface area contributed by atoms with Gasteiger partial charge in [-0.3, -0.25) is 9.89 Å². The number of amides is 1. The van der Waals surface area contributed by atoms with E-state index in [4.69, 9.17) is 0 Å². The van der Waals surface area contributed by atoms with Crippen LogP contribution in [0, 0.1) is 0 Å². The van der Waals surface area contributed by atoms with E-state index < -0.39 is 11.7 Å². The molecule has 0 spiro atoms. The smallest absolute Gasteiger partial charge is 0.288 e. The van der Waals surface area contributed by atoms with Gasteiger partial charge in [0.05, 0.1) is 15.9 Å². The third-order valence-corrected chi connectivity index (χ3v) is 4.47. The summed E-state index contributed by atoms with van der Waals surface area (Å²) in [7, 11) is 0. The number of H-pyrrole nitrogens is 1. The van der Waals surface area contributed by atoms with E-state index in [1.807, 2.05) is 13.8 Å². The Morgan fingerprint density at radius 2 is 2.05 bits per heavy atom. The molecule has 0 aliphatic rings. The summed E-state index contributed by atoms with van der Waals surface area (Å²) in [5.41, 5.74) is 1.33. The van der Waals surface area contributed by atoms with Crippen LogP contribution in [0.15, 0.2) is 33.6 Å². The molecular weight excluding hydrogens is 376 g/mol. The number of alkyl halides is 2. The molecule has 4 nitrogen and oxygen atoms in total. The summed E-state index contributed by atoms with van der Waals surface area (Å²) in [5, 5.41) is 9.41. The standard InChI is InChI=1S/C14H14BrF2N3OS/c1-7(2)11-10(15)12(20-19-11)13(21)18-8-5-3-4-6-9(8)22-14(16)17/h3-7,14H,1-2H3,(H,18,21)(H,19,20). The number of aromatic nitrogens is 2. The first-order chi connectivity index (χ1) is 10.4. The normalized spacial score (nSPS) is 11.2. The Morgan fingerprint density at radius 3 is 2.64 bits per heavy atom. The molecule has 0 aliphatic heterocycles. The summed E-state index contributed by atoms with van der Waals surface area (Å²) >= 11 is 3.73. The number of aromatic amines is 1. The van der Waals surface area contributed by atoms with Gasteiger partial charge in [0.25, 0.3) is 11.7 Å². The maximum atomic E-state index is 12.5. The van der Waals surface area contributed by atoms with Crippen molar-refractivity contribution in [2.75, 3.05) is 5.32 Å². The molecule has 0 aliphatic carbocycles. The minimum atomic E-state index is -2.55. The van der Waals surface area contributed by atoms with Gasteiger partial charge in [-0.15, -0.1) is 0 Å². The first-order valence-electron chi connectivity index (χ1n) is 6.49. The van der Waals surface area contributed by atoms with E-state index in [9.17, 15) is 13.6 Å². The van der Waals surface area contributed by atoms with Crippen molar-refractivity contribution >= 4 is 39.3 Å². The van der Waals surface area contributed by atoms with Gasteiger partial charge in [-0.25, -0.2) is 0 Å². The Bertz CT molecular complexity index is 676. The molecular formula is C14H14BrF2N3OS. The van der Waals surface area contributed by atoms with Crippen molar-refractivity contribution < 1.29 is 13.6 Å². The zero-order valence-corrected chi connectivity index (χ0v) is 14.3. The molecule has 0 atom stereocenters. The maximum absolute atomic E-state index is 12.5. The van der Waals surface area contributed by atoms with E-state index in [2.05, 4.69) is 31.4 Å². The third kappa shape index (κ3) is 3.86. The Hall–Kier alpha value is -1.41. The van der Waals surface area contributed by atoms with E-state index in [-0.39, 0.29) is 11.6 Å². The average Bonchev–Trinajstić information content (AvgIpc) is 2.82. The van der Waals surface area contributed by atoms with Gasteiger partial charge in [0.2, 0.25) is 0 Å². The lowest BCUT2D eigenvalue weighted by Crippen LogP contribution is -2.13. The van der Waals surface area contributed by atoms with Gasteiger partial charge in [-0.1, -0.05) is 37.7 Å². The lowest BCUT2D eigenvalue weighted by molar-refractivity contribution is 0.102. The molecule has 2 aromatic rings. The lowest BCUT2D eigenvalue weighted by Gasteiger charge is -2.09. The SMILES string of the molecule is CC(C)c1[nH]nc(C(=O)Nc2ccccc2SC(F)F)c1Br. The molecule has 1 heterocycles. The first-order valence-corrected chi connectivity index (χ1v) is 8.16. The van der Waals surface area contributed by atoms with Crippen LogP contribution in [-0.4, -0.2) is 21.9 Å². The van der Waals surface area contributed by atoms with Crippen molar-refractivity contribution in [1.29, 1.82) is 0 Å². The van der Waals surface area contributed by atoms with Crippen molar-refractivity contribution in [2.24, 2.45) is 0 Å². The number of rotatable bonds is 5. The van der Waals surface area contributed by atoms with Crippen LogP contribution in [0.1, 0.15) is 35.9 Å². The largest absolute Gasteiger partial charge is 0.320 e.